The second-order valence-corrected chi connectivity index (χ2v) is 10.9. The largest absolute Gasteiger partial charge is 0.481 e. The van der Waals surface area contributed by atoms with Gasteiger partial charge in [0.15, 0.2) is 6.33 Å². The van der Waals surface area contributed by atoms with Crippen molar-refractivity contribution in [2.24, 2.45) is 13.0 Å². The van der Waals surface area contributed by atoms with Crippen LogP contribution in [-0.2, 0) is 34.5 Å². The molecular formula is C16H28N5O11P2+. The molecule has 0 radical (unpaired) electrons. The minimum atomic E-state index is -5.30. The van der Waals surface area contributed by atoms with Crippen LogP contribution in [0.15, 0.2) is 11.1 Å². The number of phosphoric ester groups is 1. The summed E-state index contributed by atoms with van der Waals surface area (Å²) in [4.78, 5) is 46.8. The van der Waals surface area contributed by atoms with Crippen LogP contribution in [0.1, 0.15) is 20.1 Å². The van der Waals surface area contributed by atoms with Gasteiger partial charge >= 0.3 is 21.3 Å². The molecule has 1 unspecified atom stereocenters. The summed E-state index contributed by atoms with van der Waals surface area (Å²) in [6, 6.07) is -0.0248. The molecule has 0 bridgehead atoms. The van der Waals surface area contributed by atoms with Crippen molar-refractivity contribution in [3.05, 3.63) is 16.7 Å². The van der Waals surface area contributed by atoms with Crippen LogP contribution in [0.5, 0.6) is 0 Å². The van der Waals surface area contributed by atoms with Crippen LogP contribution in [0.25, 0.3) is 11.2 Å². The van der Waals surface area contributed by atoms with Crippen molar-refractivity contribution in [3.8, 4) is 0 Å². The number of methoxy groups -OCH3 is 1. The molecule has 2 aromatic rings. The monoisotopic (exact) mass is 528 g/mol. The second kappa shape index (κ2) is 10.1. The highest BCUT2D eigenvalue weighted by Gasteiger charge is 2.48. The standard InChI is InChI=1S/C16H27N5O11P2/c1-8(2)17-16-18-13-11(14(23)19-16)20(3)7-21(13)15-12(22)9(5-29-4)10(31-15)6-30-34(27,28)32-33(24,25)26/h7-10,12,15,22H,5-6H2,1-4H3,(H4-,17,18,19,23,24,25,26,27,28)/p+1/t9-,10-,12-,15-/m1/s1. The first-order chi connectivity index (χ1) is 15.7. The number of rotatable bonds is 10. The maximum absolute atomic E-state index is 12.6. The quantitative estimate of drug-likeness (QED) is 0.163. The second-order valence-electron chi connectivity index (χ2n) is 8.03. The van der Waals surface area contributed by atoms with Gasteiger partial charge in [0.1, 0.15) is 6.10 Å². The molecule has 1 fully saturated rings. The summed E-state index contributed by atoms with van der Waals surface area (Å²) < 4.78 is 45.1. The lowest BCUT2D eigenvalue weighted by atomic mass is 9.99. The van der Waals surface area contributed by atoms with Crippen LogP contribution in [0.3, 0.4) is 0 Å². The number of hydrogen-bond donors (Lipinski definition) is 6. The highest BCUT2D eigenvalue weighted by Crippen LogP contribution is 2.57. The van der Waals surface area contributed by atoms with Crippen LogP contribution < -0.4 is 15.4 Å². The Bertz CT molecular complexity index is 1180. The number of fused-ring (bicyclic) bond motifs is 1. The molecule has 6 N–H and O–H groups in total. The third-order valence-corrected chi connectivity index (χ3v) is 7.12. The third kappa shape index (κ3) is 6.10. The minimum absolute atomic E-state index is 0.0248. The number of aliphatic hydroxyl groups is 1. The van der Waals surface area contributed by atoms with E-state index >= 15 is 0 Å². The number of nitrogens with one attached hydrogen (secondary N) is 2. The van der Waals surface area contributed by atoms with Crippen molar-refractivity contribution in [1.29, 1.82) is 0 Å². The van der Waals surface area contributed by atoms with Crippen LogP contribution in [0.2, 0.25) is 0 Å². The lowest BCUT2D eigenvalue weighted by Gasteiger charge is -2.20. The van der Waals surface area contributed by atoms with Crippen molar-refractivity contribution in [2.45, 2.75) is 38.3 Å². The normalized spacial score (nSPS) is 25.2. The van der Waals surface area contributed by atoms with E-state index in [1.807, 2.05) is 13.8 Å². The summed E-state index contributed by atoms with van der Waals surface area (Å²) in [5.41, 5.74) is -0.0112. The molecule has 192 valence electrons. The van der Waals surface area contributed by atoms with Crippen LogP contribution in [-0.4, -0.2) is 72.9 Å². The number of aromatic nitrogens is 4. The molecule has 1 saturated heterocycles. The molecule has 3 rings (SSSR count). The van der Waals surface area contributed by atoms with Gasteiger partial charge in [-0.3, -0.25) is 18.9 Å². The fourth-order valence-corrected chi connectivity index (χ4v) is 5.29. The van der Waals surface area contributed by atoms with Gasteiger partial charge < -0.3 is 34.6 Å². The highest BCUT2D eigenvalue weighted by molar-refractivity contribution is 7.60. The molecular weight excluding hydrogens is 500 g/mol. The molecule has 1 aliphatic heterocycles. The number of hydrogen-bond acceptors (Lipinski definition) is 10. The van der Waals surface area contributed by atoms with E-state index in [0.717, 1.165) is 0 Å². The molecule has 34 heavy (non-hydrogen) atoms. The van der Waals surface area contributed by atoms with Gasteiger partial charge in [-0.2, -0.15) is 4.31 Å². The molecule has 0 aromatic carbocycles. The zero-order chi connectivity index (χ0) is 25.4. The lowest BCUT2D eigenvalue weighted by molar-refractivity contribution is -0.745. The van der Waals surface area contributed by atoms with Crippen molar-refractivity contribution >= 4 is 32.8 Å². The van der Waals surface area contributed by atoms with E-state index < -0.39 is 52.2 Å². The molecule has 5 atom stereocenters. The van der Waals surface area contributed by atoms with Crippen LogP contribution in [0.4, 0.5) is 5.95 Å². The van der Waals surface area contributed by atoms with Gasteiger partial charge in [0, 0.05) is 19.1 Å². The Morgan fingerprint density at radius 1 is 1.32 bits per heavy atom. The number of aliphatic hydroxyl groups excluding tert-OH is 1. The molecule has 0 spiro atoms. The van der Waals surface area contributed by atoms with Crippen LogP contribution in [0, 0.1) is 5.92 Å². The molecule has 2 aromatic heterocycles. The van der Waals surface area contributed by atoms with Crippen LogP contribution >= 0.6 is 15.6 Å². The van der Waals surface area contributed by atoms with E-state index in [1.54, 1.807) is 7.05 Å². The van der Waals surface area contributed by atoms with Gasteiger partial charge in [-0.15, -0.1) is 0 Å². The molecule has 3 heterocycles. The average molecular weight is 528 g/mol. The van der Waals surface area contributed by atoms with Crippen molar-refractivity contribution < 1.29 is 51.8 Å². The number of aromatic amines is 1. The summed E-state index contributed by atoms with van der Waals surface area (Å²) in [5, 5.41) is 14.0. The topological polar surface area (TPSA) is 219 Å². The zero-order valence-corrected chi connectivity index (χ0v) is 20.5. The van der Waals surface area contributed by atoms with E-state index in [-0.39, 0.29) is 29.8 Å². The Morgan fingerprint density at radius 3 is 2.59 bits per heavy atom. The Balaban J connectivity index is 1.92. The Morgan fingerprint density at radius 2 is 2.00 bits per heavy atom. The number of nitrogens with zero attached hydrogens (tertiary/aromatic N) is 3. The maximum atomic E-state index is 12.6. The summed E-state index contributed by atoms with van der Waals surface area (Å²) in [5.74, 6) is -0.563. The fraction of sp³-hybridized carbons (Fsp3) is 0.688. The zero-order valence-electron chi connectivity index (χ0n) is 18.8. The van der Waals surface area contributed by atoms with Gasteiger partial charge in [-0.05, 0) is 13.8 Å². The van der Waals surface area contributed by atoms with Crippen molar-refractivity contribution in [2.75, 3.05) is 25.6 Å². The Labute approximate surface area is 193 Å². The number of imidazole rings is 1. The first-order valence-corrected chi connectivity index (χ1v) is 13.1. The van der Waals surface area contributed by atoms with E-state index in [9.17, 15) is 23.9 Å². The fourth-order valence-electron chi connectivity index (χ4n) is 3.69. The molecule has 0 saturated carbocycles. The number of anilines is 1. The lowest BCUT2D eigenvalue weighted by Crippen LogP contribution is -2.45. The molecule has 16 nitrogen and oxygen atoms in total. The van der Waals surface area contributed by atoms with Gasteiger partial charge in [0.2, 0.25) is 11.7 Å². The average Bonchev–Trinajstić information content (AvgIpc) is 3.16. The van der Waals surface area contributed by atoms with Gasteiger partial charge in [0.25, 0.3) is 11.5 Å². The Kier molecular flexibility index (Phi) is 7.99. The predicted octanol–water partition coefficient (Wildman–Crippen LogP) is -0.883. The maximum Gasteiger partial charge on any atom is 0.481 e. The van der Waals surface area contributed by atoms with Gasteiger partial charge in [-0.1, -0.05) is 4.98 Å². The van der Waals surface area contributed by atoms with E-state index in [4.69, 9.17) is 19.3 Å². The smallest absolute Gasteiger partial charge is 0.386 e. The minimum Gasteiger partial charge on any atom is -0.386 e. The summed E-state index contributed by atoms with van der Waals surface area (Å²) in [6.45, 7) is 3.03. The first kappa shape index (κ1) is 26.9. The number of H-pyrrole nitrogens is 1. The Hall–Kier alpha value is -1.71. The molecule has 0 amide bonds. The van der Waals surface area contributed by atoms with E-state index in [0.29, 0.717) is 0 Å². The van der Waals surface area contributed by atoms with Crippen molar-refractivity contribution in [3.63, 3.8) is 0 Å². The predicted molar refractivity (Wildman–Crippen MR) is 114 cm³/mol. The number of phosphoric acid groups is 2. The summed E-state index contributed by atoms with van der Waals surface area (Å²) in [6.07, 6.45) is -1.87. The SMILES string of the molecule is COC[C@H]1[C@@H](O)[C@H]([n+]2cn(C)c3c(=O)[nH]c(NC(C)C)nc32)O[C@@H]1COP(=O)(O)OP(=O)(O)O. The first-order valence-electron chi connectivity index (χ1n) is 10.1. The van der Waals surface area contributed by atoms with E-state index in [1.165, 1.54) is 22.6 Å². The number of ether oxygens (including phenoxy) is 2. The molecule has 18 heteroatoms. The summed E-state index contributed by atoms with van der Waals surface area (Å²) >= 11 is 0. The van der Waals surface area contributed by atoms with Gasteiger partial charge in [0.05, 0.1) is 26.4 Å². The number of aryl methyl sites for hydroxylation is 1. The van der Waals surface area contributed by atoms with Crippen molar-refractivity contribution in [1.82, 2.24) is 14.5 Å². The molecule has 0 aliphatic carbocycles. The molecule has 1 aliphatic rings. The third-order valence-electron chi connectivity index (χ3n) is 4.96. The highest BCUT2D eigenvalue weighted by atomic mass is 31.3. The van der Waals surface area contributed by atoms with E-state index in [2.05, 4.69) is 24.1 Å². The summed E-state index contributed by atoms with van der Waals surface area (Å²) in [7, 11) is -7.44. The van der Waals surface area contributed by atoms with Gasteiger partial charge in [-0.25, -0.2) is 13.7 Å².